The minimum Gasteiger partial charge on any atom is -0.399 e. The fourth-order valence-electron chi connectivity index (χ4n) is 2.30. The number of benzene rings is 1. The molecule has 5 heteroatoms. The van der Waals surface area contributed by atoms with Crippen molar-refractivity contribution >= 4 is 11.6 Å². The summed E-state index contributed by atoms with van der Waals surface area (Å²) >= 11 is 0. The van der Waals surface area contributed by atoms with Gasteiger partial charge in [0, 0.05) is 25.8 Å². The lowest BCUT2D eigenvalue weighted by Crippen LogP contribution is -2.31. The second-order valence-corrected chi connectivity index (χ2v) is 5.06. The predicted molar refractivity (Wildman–Crippen MR) is 83.9 cm³/mol. The lowest BCUT2D eigenvalue weighted by molar-refractivity contribution is 0.0741. The molecule has 1 aromatic heterocycles. The topological polar surface area (TPSA) is 64.2 Å². The third-order valence-corrected chi connectivity index (χ3v) is 3.51. The highest BCUT2D eigenvalue weighted by atomic mass is 16.2. The van der Waals surface area contributed by atoms with Crippen LogP contribution in [0.3, 0.4) is 0 Å². The van der Waals surface area contributed by atoms with Crippen LogP contribution in [0.1, 0.15) is 35.6 Å². The number of hydrogen-bond acceptors (Lipinski definition) is 3. The molecule has 2 N–H and O–H groups in total. The number of carbonyl (C=O) groups is 1. The van der Waals surface area contributed by atoms with Crippen LogP contribution in [-0.4, -0.2) is 27.1 Å². The van der Waals surface area contributed by atoms with Crippen LogP contribution in [0.2, 0.25) is 0 Å². The van der Waals surface area contributed by atoms with E-state index >= 15 is 0 Å². The number of anilines is 1. The normalized spacial score (nSPS) is 10.6. The fraction of sp³-hybridized carbons (Fsp3) is 0.375. The minimum absolute atomic E-state index is 0.00498. The summed E-state index contributed by atoms with van der Waals surface area (Å²) in [5.74, 6) is -0.00498. The summed E-state index contributed by atoms with van der Waals surface area (Å²) in [6.07, 6.45) is 0.822. The number of hydrogen-bond donors (Lipinski definition) is 1. The molecule has 1 heterocycles. The van der Waals surface area contributed by atoms with Gasteiger partial charge in [-0.15, -0.1) is 0 Å². The zero-order chi connectivity index (χ0) is 15.4. The molecule has 21 heavy (non-hydrogen) atoms. The third-order valence-electron chi connectivity index (χ3n) is 3.51. The molecular weight excluding hydrogens is 264 g/mol. The Morgan fingerprint density at radius 1 is 1.33 bits per heavy atom. The second kappa shape index (κ2) is 6.43. The van der Waals surface area contributed by atoms with Crippen LogP contribution in [0.4, 0.5) is 5.69 Å². The first kappa shape index (κ1) is 15.1. The zero-order valence-corrected chi connectivity index (χ0v) is 12.8. The molecule has 0 unspecified atom stereocenters. The van der Waals surface area contributed by atoms with Gasteiger partial charge in [0.05, 0.1) is 5.69 Å². The van der Waals surface area contributed by atoms with Crippen molar-refractivity contribution in [1.82, 2.24) is 14.7 Å². The van der Waals surface area contributed by atoms with Crippen LogP contribution < -0.4 is 5.73 Å². The Hall–Kier alpha value is -2.30. The second-order valence-electron chi connectivity index (χ2n) is 5.06. The monoisotopic (exact) mass is 286 g/mol. The first-order valence-corrected chi connectivity index (χ1v) is 7.21. The van der Waals surface area contributed by atoms with Gasteiger partial charge in [-0.05, 0) is 37.1 Å². The average Bonchev–Trinajstić information content (AvgIpc) is 2.85. The summed E-state index contributed by atoms with van der Waals surface area (Å²) < 4.78 is 1.66. The Bertz CT molecular complexity index is 633. The van der Waals surface area contributed by atoms with Crippen molar-refractivity contribution in [2.75, 3.05) is 12.3 Å². The number of aryl methyl sites for hydroxylation is 2. The Balaban J connectivity index is 2.20. The maximum absolute atomic E-state index is 12.6. The molecule has 0 aliphatic heterocycles. The van der Waals surface area contributed by atoms with Crippen molar-refractivity contribution in [3.63, 3.8) is 0 Å². The molecule has 0 saturated carbocycles. The zero-order valence-electron chi connectivity index (χ0n) is 12.8. The first-order valence-electron chi connectivity index (χ1n) is 7.21. The maximum atomic E-state index is 12.6. The maximum Gasteiger partial charge on any atom is 0.272 e. The van der Waals surface area contributed by atoms with Crippen molar-refractivity contribution in [2.24, 2.45) is 7.05 Å². The quantitative estimate of drug-likeness (QED) is 0.857. The van der Waals surface area contributed by atoms with E-state index in [9.17, 15) is 4.79 Å². The van der Waals surface area contributed by atoms with E-state index in [1.54, 1.807) is 16.6 Å². The van der Waals surface area contributed by atoms with E-state index in [0.29, 0.717) is 24.5 Å². The van der Waals surface area contributed by atoms with Crippen molar-refractivity contribution < 1.29 is 4.79 Å². The molecule has 1 aromatic carbocycles. The van der Waals surface area contributed by atoms with Crippen LogP contribution in [-0.2, 0) is 20.0 Å². The van der Waals surface area contributed by atoms with Gasteiger partial charge in [-0.1, -0.05) is 19.1 Å². The molecule has 0 aliphatic rings. The SMILES string of the molecule is CCc1cc(C(=O)N(CC)Cc2cccc(N)c2)n(C)n1. The molecule has 0 aliphatic carbocycles. The molecule has 2 rings (SSSR count). The predicted octanol–water partition coefficient (Wildman–Crippen LogP) is 2.23. The van der Waals surface area contributed by atoms with Gasteiger partial charge in [0.25, 0.3) is 5.91 Å². The Morgan fingerprint density at radius 2 is 2.10 bits per heavy atom. The summed E-state index contributed by atoms with van der Waals surface area (Å²) in [5.41, 5.74) is 9.09. The average molecular weight is 286 g/mol. The van der Waals surface area contributed by atoms with Gasteiger partial charge < -0.3 is 10.6 Å². The van der Waals surface area contributed by atoms with Gasteiger partial charge in [-0.25, -0.2) is 0 Å². The molecule has 1 amide bonds. The lowest BCUT2D eigenvalue weighted by Gasteiger charge is -2.21. The number of amides is 1. The number of aromatic nitrogens is 2. The molecule has 0 bridgehead atoms. The fourth-order valence-corrected chi connectivity index (χ4v) is 2.30. The summed E-state index contributed by atoms with van der Waals surface area (Å²) in [7, 11) is 1.81. The van der Waals surface area contributed by atoms with Crippen molar-refractivity contribution in [1.29, 1.82) is 0 Å². The molecule has 0 atom stereocenters. The summed E-state index contributed by atoms with van der Waals surface area (Å²) in [4.78, 5) is 14.4. The van der Waals surface area contributed by atoms with E-state index in [4.69, 9.17) is 5.73 Å². The van der Waals surface area contributed by atoms with E-state index in [-0.39, 0.29) is 5.91 Å². The van der Waals surface area contributed by atoms with Crippen molar-refractivity contribution in [3.05, 3.63) is 47.3 Å². The van der Waals surface area contributed by atoms with Gasteiger partial charge in [-0.2, -0.15) is 5.10 Å². The van der Waals surface area contributed by atoms with E-state index in [1.807, 2.05) is 44.2 Å². The van der Waals surface area contributed by atoms with Crippen molar-refractivity contribution in [3.8, 4) is 0 Å². The summed E-state index contributed by atoms with van der Waals surface area (Å²) in [5, 5.41) is 4.34. The highest BCUT2D eigenvalue weighted by molar-refractivity contribution is 5.92. The Kier molecular flexibility index (Phi) is 4.62. The van der Waals surface area contributed by atoms with E-state index in [0.717, 1.165) is 17.7 Å². The van der Waals surface area contributed by atoms with Gasteiger partial charge in [-0.3, -0.25) is 9.48 Å². The van der Waals surface area contributed by atoms with E-state index in [1.165, 1.54) is 0 Å². The first-order chi connectivity index (χ1) is 10.0. The molecule has 0 saturated heterocycles. The van der Waals surface area contributed by atoms with Crippen LogP contribution in [0.25, 0.3) is 0 Å². The van der Waals surface area contributed by atoms with Crippen molar-refractivity contribution in [2.45, 2.75) is 26.8 Å². The van der Waals surface area contributed by atoms with Gasteiger partial charge in [0.1, 0.15) is 5.69 Å². The van der Waals surface area contributed by atoms with Crippen LogP contribution in [0.15, 0.2) is 30.3 Å². The van der Waals surface area contributed by atoms with Crippen LogP contribution >= 0.6 is 0 Å². The molecule has 0 spiro atoms. The largest absolute Gasteiger partial charge is 0.399 e. The lowest BCUT2D eigenvalue weighted by atomic mass is 10.2. The summed E-state index contributed by atoms with van der Waals surface area (Å²) in [6, 6.07) is 9.49. The molecule has 2 aromatic rings. The van der Waals surface area contributed by atoms with Gasteiger partial charge >= 0.3 is 0 Å². The van der Waals surface area contributed by atoms with Crippen LogP contribution in [0.5, 0.6) is 0 Å². The Morgan fingerprint density at radius 3 is 2.67 bits per heavy atom. The number of carbonyl (C=O) groups excluding carboxylic acids is 1. The van der Waals surface area contributed by atoms with Gasteiger partial charge in [0.15, 0.2) is 0 Å². The molecule has 112 valence electrons. The van der Waals surface area contributed by atoms with E-state index < -0.39 is 0 Å². The van der Waals surface area contributed by atoms with E-state index in [2.05, 4.69) is 5.10 Å². The smallest absolute Gasteiger partial charge is 0.272 e. The Labute approximate surface area is 125 Å². The minimum atomic E-state index is -0.00498. The molecule has 0 fully saturated rings. The summed E-state index contributed by atoms with van der Waals surface area (Å²) in [6.45, 7) is 5.19. The number of nitrogens with zero attached hydrogens (tertiary/aromatic N) is 3. The molecular formula is C16H22N4O. The highest BCUT2D eigenvalue weighted by Crippen LogP contribution is 2.13. The molecule has 0 radical (unpaired) electrons. The standard InChI is InChI=1S/C16H22N4O/c1-4-14-10-15(19(3)18-14)16(21)20(5-2)11-12-7-6-8-13(17)9-12/h6-10H,4-5,11,17H2,1-3H3. The number of nitrogen functional groups attached to an aromatic ring is 1. The number of rotatable bonds is 5. The van der Waals surface area contributed by atoms with Gasteiger partial charge in [0.2, 0.25) is 0 Å². The van der Waals surface area contributed by atoms with Crippen LogP contribution in [0, 0.1) is 0 Å². The number of nitrogens with two attached hydrogens (primary N) is 1. The molecule has 5 nitrogen and oxygen atoms in total. The highest BCUT2D eigenvalue weighted by Gasteiger charge is 2.19. The third kappa shape index (κ3) is 3.42.